The number of barbiturate groups is 1. The molecule has 4 rings (SSSR count). The van der Waals surface area contributed by atoms with Crippen molar-refractivity contribution in [3.8, 4) is 5.75 Å². The van der Waals surface area contributed by atoms with E-state index in [9.17, 15) is 24.0 Å². The van der Waals surface area contributed by atoms with Crippen LogP contribution in [0, 0.1) is 5.41 Å². The number of aliphatic carboxylic acids is 2. The van der Waals surface area contributed by atoms with E-state index in [-0.39, 0.29) is 6.54 Å². The fourth-order valence-electron chi connectivity index (χ4n) is 4.89. The summed E-state index contributed by atoms with van der Waals surface area (Å²) in [5.74, 6) is -2.50. The molecule has 0 spiro atoms. The SMILES string of the molecule is COc1ccccc1N1CCN(CCCN2C(=O)N(Cc3ccccc3)C(=O)C(C)(C)C2=O)CC1.O=C(O)C=CC(=O)O. The number of hydrogen-bond donors (Lipinski definition) is 2. The molecule has 2 aliphatic rings. The summed E-state index contributed by atoms with van der Waals surface area (Å²) in [5, 5.41) is 15.6. The zero-order valence-corrected chi connectivity index (χ0v) is 24.6. The molecule has 0 atom stereocenters. The summed E-state index contributed by atoms with van der Waals surface area (Å²) in [4.78, 5) is 65.4. The molecule has 43 heavy (non-hydrogen) atoms. The Morgan fingerprint density at radius 1 is 0.814 bits per heavy atom. The number of anilines is 1. The van der Waals surface area contributed by atoms with Gasteiger partial charge in [-0.05, 0) is 44.5 Å². The summed E-state index contributed by atoms with van der Waals surface area (Å²) in [7, 11) is 1.69. The number of piperazine rings is 1. The number of benzene rings is 2. The molecule has 2 fully saturated rings. The van der Waals surface area contributed by atoms with E-state index in [1.807, 2.05) is 48.5 Å². The van der Waals surface area contributed by atoms with Crippen LogP contribution in [0.15, 0.2) is 66.7 Å². The van der Waals surface area contributed by atoms with Gasteiger partial charge < -0.3 is 19.8 Å². The second-order valence-electron chi connectivity index (χ2n) is 10.6. The van der Waals surface area contributed by atoms with Crippen molar-refractivity contribution in [2.75, 3.05) is 51.3 Å². The number of ether oxygens (including phenoxy) is 1. The van der Waals surface area contributed by atoms with Crippen LogP contribution >= 0.6 is 0 Å². The number of nitrogens with zero attached hydrogens (tertiary/aromatic N) is 4. The predicted octanol–water partition coefficient (Wildman–Crippen LogP) is 2.94. The zero-order valence-electron chi connectivity index (χ0n) is 24.6. The average molecular weight is 595 g/mol. The molecule has 0 aliphatic carbocycles. The van der Waals surface area contributed by atoms with Gasteiger partial charge in [0.05, 0.1) is 19.3 Å². The number of hydrogen-bond acceptors (Lipinski definition) is 8. The molecule has 2 aromatic carbocycles. The van der Waals surface area contributed by atoms with Crippen LogP contribution in [0.4, 0.5) is 10.5 Å². The zero-order chi connectivity index (χ0) is 31.6. The molecule has 12 heteroatoms. The van der Waals surface area contributed by atoms with Crippen LogP contribution in [-0.2, 0) is 25.7 Å². The molecule has 2 aliphatic heterocycles. The summed E-state index contributed by atoms with van der Waals surface area (Å²) in [6, 6.07) is 16.9. The number of amides is 4. The van der Waals surface area contributed by atoms with Crippen molar-refractivity contribution in [3.63, 3.8) is 0 Å². The molecule has 230 valence electrons. The Kier molecular flexibility index (Phi) is 11.4. The van der Waals surface area contributed by atoms with Crippen molar-refractivity contribution >= 4 is 35.5 Å². The lowest BCUT2D eigenvalue weighted by Crippen LogP contribution is -2.63. The standard InChI is InChI=1S/C27H34N4O4.C4H4O4/c1-27(2)24(32)30(26(34)31(25(27)33)20-21-10-5-4-6-11-21)15-9-14-28-16-18-29(19-17-28)22-12-7-8-13-23(22)35-3;5-3(6)1-2-4(7)8/h4-8,10-13H,9,14-20H2,1-3H3;1-2H,(H,5,6)(H,7,8). The summed E-state index contributed by atoms with van der Waals surface area (Å²) in [5.41, 5.74) is 0.694. The number of carboxylic acids is 2. The minimum atomic E-state index is -1.26. The quantitative estimate of drug-likeness (QED) is 0.311. The highest BCUT2D eigenvalue weighted by Crippen LogP contribution is 2.31. The Labute approximate surface area is 250 Å². The van der Waals surface area contributed by atoms with Gasteiger partial charge in [-0.1, -0.05) is 42.5 Å². The van der Waals surface area contributed by atoms with Gasteiger partial charge in [0.15, 0.2) is 0 Å². The number of rotatable bonds is 10. The van der Waals surface area contributed by atoms with Crippen LogP contribution in [0.2, 0.25) is 0 Å². The second-order valence-corrected chi connectivity index (χ2v) is 10.6. The van der Waals surface area contributed by atoms with Gasteiger partial charge in [0, 0.05) is 44.9 Å². The molecule has 0 unspecified atom stereocenters. The Bertz CT molecular complexity index is 1320. The van der Waals surface area contributed by atoms with Crippen molar-refractivity contribution in [1.82, 2.24) is 14.7 Å². The van der Waals surface area contributed by atoms with Crippen LogP contribution in [-0.4, -0.2) is 101 Å². The number of para-hydroxylation sites is 2. The summed E-state index contributed by atoms with van der Waals surface area (Å²) in [6.45, 7) is 8.00. The van der Waals surface area contributed by atoms with Crippen molar-refractivity contribution in [1.29, 1.82) is 0 Å². The van der Waals surface area contributed by atoms with Crippen molar-refractivity contribution in [2.24, 2.45) is 5.41 Å². The Hall–Kier alpha value is -4.71. The number of carbonyl (C=O) groups excluding carboxylic acids is 3. The van der Waals surface area contributed by atoms with E-state index in [0.717, 1.165) is 49.7 Å². The normalized spacial score (nSPS) is 17.1. The van der Waals surface area contributed by atoms with Gasteiger partial charge in [-0.25, -0.2) is 14.4 Å². The van der Waals surface area contributed by atoms with E-state index >= 15 is 0 Å². The molecule has 12 nitrogen and oxygen atoms in total. The highest BCUT2D eigenvalue weighted by molar-refractivity contribution is 6.18. The highest BCUT2D eigenvalue weighted by Gasteiger charge is 2.51. The van der Waals surface area contributed by atoms with Crippen LogP contribution < -0.4 is 9.64 Å². The lowest BCUT2D eigenvalue weighted by molar-refractivity contribution is -0.156. The molecular weight excluding hydrogens is 556 g/mol. The summed E-state index contributed by atoms with van der Waals surface area (Å²) < 4.78 is 5.50. The maximum atomic E-state index is 13.2. The fourth-order valence-corrected chi connectivity index (χ4v) is 4.89. The number of carbonyl (C=O) groups is 5. The molecule has 2 aromatic rings. The third kappa shape index (κ3) is 8.65. The van der Waals surface area contributed by atoms with E-state index in [2.05, 4.69) is 15.9 Å². The van der Waals surface area contributed by atoms with Gasteiger partial charge in [0.25, 0.3) is 0 Å². The maximum absolute atomic E-state index is 13.2. The van der Waals surface area contributed by atoms with E-state index in [1.54, 1.807) is 21.0 Å². The minimum absolute atomic E-state index is 0.163. The Balaban J connectivity index is 0.000000557. The van der Waals surface area contributed by atoms with Gasteiger partial charge in [-0.3, -0.25) is 24.3 Å². The summed E-state index contributed by atoms with van der Waals surface area (Å²) in [6.07, 6.45) is 1.78. The van der Waals surface area contributed by atoms with Gasteiger partial charge in [0.2, 0.25) is 11.8 Å². The molecule has 2 heterocycles. The third-order valence-electron chi connectivity index (χ3n) is 7.23. The molecule has 0 saturated carbocycles. The molecule has 2 saturated heterocycles. The van der Waals surface area contributed by atoms with Crippen molar-refractivity contribution in [3.05, 3.63) is 72.3 Å². The smallest absolute Gasteiger partial charge is 0.333 e. The minimum Gasteiger partial charge on any atom is -0.495 e. The molecule has 0 radical (unpaired) electrons. The van der Waals surface area contributed by atoms with Crippen LogP contribution in [0.5, 0.6) is 5.75 Å². The first-order chi connectivity index (χ1) is 20.4. The number of imide groups is 2. The number of urea groups is 1. The molecule has 0 bridgehead atoms. The third-order valence-corrected chi connectivity index (χ3v) is 7.23. The van der Waals surface area contributed by atoms with Crippen LogP contribution in [0.1, 0.15) is 25.8 Å². The predicted molar refractivity (Wildman–Crippen MR) is 159 cm³/mol. The number of methoxy groups -OCH3 is 1. The Morgan fingerprint density at radius 2 is 1.37 bits per heavy atom. The van der Waals surface area contributed by atoms with E-state index in [0.29, 0.717) is 25.1 Å². The van der Waals surface area contributed by atoms with Gasteiger partial charge >= 0.3 is 18.0 Å². The summed E-state index contributed by atoms with van der Waals surface area (Å²) >= 11 is 0. The largest absolute Gasteiger partial charge is 0.495 e. The van der Waals surface area contributed by atoms with Crippen molar-refractivity contribution < 1.29 is 38.9 Å². The first kappa shape index (κ1) is 32.8. The van der Waals surface area contributed by atoms with E-state index < -0.39 is 35.2 Å². The average Bonchev–Trinajstić information content (AvgIpc) is 3.00. The molecule has 2 N–H and O–H groups in total. The first-order valence-corrected chi connectivity index (χ1v) is 13.9. The topological polar surface area (TPSA) is 148 Å². The van der Waals surface area contributed by atoms with E-state index in [1.165, 1.54) is 9.80 Å². The fraction of sp³-hybridized carbons (Fsp3) is 0.387. The highest BCUT2D eigenvalue weighted by atomic mass is 16.5. The molecular formula is C31H38N4O8. The maximum Gasteiger partial charge on any atom is 0.333 e. The molecule has 0 aromatic heterocycles. The lowest BCUT2D eigenvalue weighted by Gasteiger charge is -2.41. The number of carboxylic acid groups (broad SMARTS) is 2. The lowest BCUT2D eigenvalue weighted by atomic mass is 9.87. The van der Waals surface area contributed by atoms with Gasteiger partial charge in [-0.2, -0.15) is 0 Å². The molecule has 4 amide bonds. The van der Waals surface area contributed by atoms with Gasteiger partial charge in [-0.15, -0.1) is 0 Å². The second kappa shape index (κ2) is 15.0. The van der Waals surface area contributed by atoms with E-state index in [4.69, 9.17) is 14.9 Å². The van der Waals surface area contributed by atoms with Crippen LogP contribution in [0.25, 0.3) is 0 Å². The Morgan fingerprint density at radius 3 is 1.95 bits per heavy atom. The van der Waals surface area contributed by atoms with Crippen LogP contribution in [0.3, 0.4) is 0 Å². The monoisotopic (exact) mass is 594 g/mol. The van der Waals surface area contributed by atoms with Crippen molar-refractivity contribution in [2.45, 2.75) is 26.8 Å². The first-order valence-electron chi connectivity index (χ1n) is 13.9. The van der Waals surface area contributed by atoms with Gasteiger partial charge in [0.1, 0.15) is 11.2 Å².